The maximum Gasteiger partial charge on any atom is 0.228 e. The van der Waals surface area contributed by atoms with Gasteiger partial charge in [-0.1, -0.05) is 31.2 Å². The first-order valence-electron chi connectivity index (χ1n) is 10.6. The fraction of sp³-hybridized carbons (Fsp3) is 0.111. The molecule has 0 atom stereocenters. The second kappa shape index (κ2) is 10.8. The highest BCUT2D eigenvalue weighted by Crippen LogP contribution is 2.35. The highest BCUT2D eigenvalue weighted by atomic mass is 32.2. The van der Waals surface area contributed by atoms with Crippen molar-refractivity contribution < 1.29 is 13.9 Å². The van der Waals surface area contributed by atoms with Crippen LogP contribution in [-0.2, 0) is 11.2 Å². The van der Waals surface area contributed by atoms with Crippen LogP contribution in [0.1, 0.15) is 12.5 Å². The van der Waals surface area contributed by atoms with Crippen molar-refractivity contribution in [3.63, 3.8) is 0 Å². The molecule has 4 aromatic rings. The molecule has 0 aliphatic carbocycles. The molecule has 1 heterocycles. The van der Waals surface area contributed by atoms with E-state index in [0.29, 0.717) is 17.2 Å². The van der Waals surface area contributed by atoms with Gasteiger partial charge >= 0.3 is 0 Å². The first-order valence-corrected chi connectivity index (χ1v) is 11.6. The summed E-state index contributed by atoms with van der Waals surface area (Å²) in [7, 11) is 0. The molecule has 0 saturated carbocycles. The molecule has 1 aromatic heterocycles. The lowest BCUT2D eigenvalue weighted by Gasteiger charge is -2.14. The van der Waals surface area contributed by atoms with Crippen LogP contribution in [0.5, 0.6) is 11.5 Å². The highest BCUT2D eigenvalue weighted by molar-refractivity contribution is 7.99. The summed E-state index contributed by atoms with van der Waals surface area (Å²) in [6.07, 6.45) is 3.69. The van der Waals surface area contributed by atoms with E-state index in [2.05, 4.69) is 17.2 Å². The van der Waals surface area contributed by atoms with Crippen molar-refractivity contribution >= 4 is 23.4 Å². The third kappa shape index (κ3) is 6.20. The van der Waals surface area contributed by atoms with Gasteiger partial charge in [0.1, 0.15) is 17.3 Å². The Morgan fingerprint density at radius 1 is 1.03 bits per heavy atom. The molecule has 0 fully saturated rings. The molecule has 1 amide bonds. The van der Waals surface area contributed by atoms with Gasteiger partial charge in [0.15, 0.2) is 0 Å². The molecule has 33 heavy (non-hydrogen) atoms. The minimum Gasteiger partial charge on any atom is -0.457 e. The number of anilines is 1. The number of rotatable bonds is 8. The lowest BCUT2D eigenvalue weighted by molar-refractivity contribution is -0.115. The second-order valence-corrected chi connectivity index (χ2v) is 8.65. The molecule has 0 aliphatic heterocycles. The summed E-state index contributed by atoms with van der Waals surface area (Å²) in [5, 5.41) is 2.93. The number of nitrogens with one attached hydrogen (secondary N) is 1. The zero-order chi connectivity index (χ0) is 23.0. The molecule has 0 radical (unpaired) electrons. The molecule has 166 valence electrons. The topological polar surface area (TPSA) is 51.2 Å². The van der Waals surface area contributed by atoms with Gasteiger partial charge in [-0.25, -0.2) is 4.39 Å². The zero-order valence-electron chi connectivity index (χ0n) is 18.1. The van der Waals surface area contributed by atoms with Crippen molar-refractivity contribution in [1.82, 2.24) is 4.98 Å². The van der Waals surface area contributed by atoms with E-state index in [1.165, 1.54) is 17.0 Å². The highest BCUT2D eigenvalue weighted by Gasteiger charge is 2.12. The van der Waals surface area contributed by atoms with Crippen LogP contribution >= 0.6 is 11.8 Å². The minimum absolute atomic E-state index is 0.128. The first-order chi connectivity index (χ1) is 16.1. The predicted molar refractivity (Wildman–Crippen MR) is 131 cm³/mol. The average Bonchev–Trinajstić information content (AvgIpc) is 2.81. The SMILES string of the molecule is CCSc1ccc(CC(=O)Nc2ccc(-c3cccnc3)c(Oc3cccc(F)c3)c2)cc1. The third-order valence-electron chi connectivity index (χ3n) is 4.86. The van der Waals surface area contributed by atoms with Gasteiger partial charge in [-0.3, -0.25) is 9.78 Å². The number of nitrogens with zero attached hydrogens (tertiary/aromatic N) is 1. The maximum absolute atomic E-state index is 13.7. The molecule has 0 spiro atoms. The number of ether oxygens (including phenoxy) is 1. The van der Waals surface area contributed by atoms with Gasteiger partial charge in [-0.05, 0) is 53.8 Å². The van der Waals surface area contributed by atoms with Crippen LogP contribution in [-0.4, -0.2) is 16.6 Å². The standard InChI is InChI=1S/C27H23FN2O2S/c1-2-33-24-11-8-19(9-12-24)15-27(31)30-22-10-13-25(20-5-4-14-29-18-20)26(17-22)32-23-7-3-6-21(28)16-23/h3-14,16-18H,2,15H2,1H3,(H,30,31). The maximum atomic E-state index is 13.7. The third-order valence-corrected chi connectivity index (χ3v) is 5.76. The zero-order valence-corrected chi connectivity index (χ0v) is 18.9. The van der Waals surface area contributed by atoms with Gasteiger partial charge in [0.25, 0.3) is 0 Å². The monoisotopic (exact) mass is 458 g/mol. The van der Waals surface area contributed by atoms with Gasteiger partial charge in [-0.2, -0.15) is 0 Å². The van der Waals surface area contributed by atoms with Crippen LogP contribution in [0.25, 0.3) is 11.1 Å². The average molecular weight is 459 g/mol. The van der Waals surface area contributed by atoms with Gasteiger partial charge in [0, 0.05) is 46.2 Å². The van der Waals surface area contributed by atoms with E-state index in [1.807, 2.05) is 48.5 Å². The number of halogens is 1. The van der Waals surface area contributed by atoms with E-state index in [4.69, 9.17) is 4.74 Å². The molecule has 0 unspecified atom stereocenters. The molecule has 0 saturated heterocycles. The van der Waals surface area contributed by atoms with Crippen molar-refractivity contribution in [2.75, 3.05) is 11.1 Å². The molecule has 4 nitrogen and oxygen atoms in total. The van der Waals surface area contributed by atoms with E-state index >= 15 is 0 Å². The van der Waals surface area contributed by atoms with E-state index < -0.39 is 0 Å². The number of aromatic nitrogens is 1. The Kier molecular flexibility index (Phi) is 7.37. The minimum atomic E-state index is -0.386. The number of hydrogen-bond donors (Lipinski definition) is 1. The van der Waals surface area contributed by atoms with E-state index in [1.54, 1.807) is 42.4 Å². The summed E-state index contributed by atoms with van der Waals surface area (Å²) in [6.45, 7) is 2.11. The smallest absolute Gasteiger partial charge is 0.228 e. The Bertz CT molecular complexity index is 1230. The largest absolute Gasteiger partial charge is 0.457 e. The van der Waals surface area contributed by atoms with Crippen molar-refractivity contribution in [3.05, 3.63) is 103 Å². The van der Waals surface area contributed by atoms with Gasteiger partial charge < -0.3 is 10.1 Å². The molecule has 4 rings (SSSR count). The Hall–Kier alpha value is -3.64. The van der Waals surface area contributed by atoms with Crippen molar-refractivity contribution in [1.29, 1.82) is 0 Å². The van der Waals surface area contributed by atoms with Crippen molar-refractivity contribution in [3.8, 4) is 22.6 Å². The molecular formula is C27H23FN2O2S. The van der Waals surface area contributed by atoms with E-state index in [-0.39, 0.29) is 18.1 Å². The summed E-state index contributed by atoms with van der Waals surface area (Å²) in [5.74, 6) is 1.36. The van der Waals surface area contributed by atoms with Crippen molar-refractivity contribution in [2.45, 2.75) is 18.2 Å². The van der Waals surface area contributed by atoms with Crippen LogP contribution in [0, 0.1) is 5.82 Å². The number of benzene rings is 3. The van der Waals surface area contributed by atoms with Gasteiger partial charge in [-0.15, -0.1) is 11.8 Å². The second-order valence-electron chi connectivity index (χ2n) is 7.31. The Morgan fingerprint density at radius 3 is 2.61 bits per heavy atom. The number of pyridine rings is 1. The lowest BCUT2D eigenvalue weighted by atomic mass is 10.1. The van der Waals surface area contributed by atoms with Crippen LogP contribution in [0.3, 0.4) is 0 Å². The molecule has 3 aromatic carbocycles. The van der Waals surface area contributed by atoms with Crippen LogP contribution in [0.2, 0.25) is 0 Å². The van der Waals surface area contributed by atoms with Gasteiger partial charge in [0.2, 0.25) is 5.91 Å². The Balaban J connectivity index is 1.55. The number of carbonyl (C=O) groups is 1. The number of amides is 1. The van der Waals surface area contributed by atoms with Crippen LogP contribution in [0.15, 0.2) is 96.2 Å². The molecule has 1 N–H and O–H groups in total. The number of carbonyl (C=O) groups excluding carboxylic acids is 1. The fourth-order valence-corrected chi connectivity index (χ4v) is 4.03. The lowest BCUT2D eigenvalue weighted by Crippen LogP contribution is -2.14. The quantitative estimate of drug-likeness (QED) is 0.290. The van der Waals surface area contributed by atoms with Gasteiger partial charge in [0.05, 0.1) is 6.42 Å². The molecule has 6 heteroatoms. The van der Waals surface area contributed by atoms with Crippen molar-refractivity contribution in [2.24, 2.45) is 0 Å². The fourth-order valence-electron chi connectivity index (χ4n) is 3.36. The van der Waals surface area contributed by atoms with E-state index in [9.17, 15) is 9.18 Å². The summed E-state index contributed by atoms with van der Waals surface area (Å²) in [4.78, 5) is 18.0. The number of hydrogen-bond acceptors (Lipinski definition) is 4. The number of thioether (sulfide) groups is 1. The predicted octanol–water partition coefficient (Wildman–Crippen LogP) is 6.97. The summed E-state index contributed by atoms with van der Waals surface area (Å²) < 4.78 is 19.7. The van der Waals surface area contributed by atoms with E-state index in [0.717, 1.165) is 22.4 Å². The Labute approximate surface area is 196 Å². The van der Waals surface area contributed by atoms with Crippen LogP contribution < -0.4 is 10.1 Å². The summed E-state index contributed by atoms with van der Waals surface area (Å²) in [5.41, 5.74) is 3.18. The molecule has 0 bridgehead atoms. The summed E-state index contributed by atoms with van der Waals surface area (Å²) in [6, 6.07) is 23.1. The van der Waals surface area contributed by atoms with Crippen LogP contribution in [0.4, 0.5) is 10.1 Å². The summed E-state index contributed by atoms with van der Waals surface area (Å²) >= 11 is 1.77. The normalized spacial score (nSPS) is 10.6. The first kappa shape index (κ1) is 22.6. The molecule has 0 aliphatic rings. The Morgan fingerprint density at radius 2 is 1.88 bits per heavy atom. The molecular weight excluding hydrogens is 435 g/mol.